The fourth-order valence-corrected chi connectivity index (χ4v) is 2.76. The van der Waals surface area contributed by atoms with Crippen molar-refractivity contribution in [3.63, 3.8) is 0 Å². The average Bonchev–Trinajstić information content (AvgIpc) is 2.55. The summed E-state index contributed by atoms with van der Waals surface area (Å²) in [6, 6.07) is 18.6. The zero-order valence-corrected chi connectivity index (χ0v) is 13.4. The van der Waals surface area contributed by atoms with E-state index in [0.717, 1.165) is 18.6 Å². The third kappa shape index (κ3) is 4.93. The molecule has 0 spiro atoms. The van der Waals surface area contributed by atoms with Crippen LogP contribution in [-0.4, -0.2) is 7.11 Å². The van der Waals surface area contributed by atoms with Crippen LogP contribution in [0.1, 0.15) is 36.5 Å². The lowest BCUT2D eigenvalue weighted by Crippen LogP contribution is -2.02. The standard InChI is InChI=1S/C20H23NO/c1-16(7-6-10-17-8-4-3-5-9-17)11-18-12-19(15-21)14-20(13-18)22-2/h3-5,8-9,12-14,16H,6-7,10-11H2,1-2H3. The number of hydrogen-bond donors (Lipinski definition) is 0. The minimum atomic E-state index is 0.599. The molecule has 0 amide bonds. The third-order valence-electron chi connectivity index (χ3n) is 3.92. The first-order valence-electron chi connectivity index (χ1n) is 7.83. The van der Waals surface area contributed by atoms with E-state index in [4.69, 9.17) is 10.00 Å². The fourth-order valence-electron chi connectivity index (χ4n) is 2.76. The highest BCUT2D eigenvalue weighted by molar-refractivity contribution is 5.40. The van der Waals surface area contributed by atoms with E-state index in [2.05, 4.69) is 43.3 Å². The number of hydrogen-bond acceptors (Lipinski definition) is 2. The van der Waals surface area contributed by atoms with Gasteiger partial charge >= 0.3 is 0 Å². The first-order valence-corrected chi connectivity index (χ1v) is 7.83. The smallest absolute Gasteiger partial charge is 0.120 e. The summed E-state index contributed by atoms with van der Waals surface area (Å²) in [6.07, 6.45) is 4.50. The molecule has 0 saturated carbocycles. The number of aryl methyl sites for hydroxylation is 1. The molecule has 0 aliphatic carbocycles. The number of ether oxygens (including phenoxy) is 1. The van der Waals surface area contributed by atoms with Gasteiger partial charge in [0.05, 0.1) is 18.7 Å². The van der Waals surface area contributed by atoms with Gasteiger partial charge in [-0.25, -0.2) is 0 Å². The van der Waals surface area contributed by atoms with Crippen molar-refractivity contribution in [3.05, 3.63) is 65.2 Å². The first-order chi connectivity index (χ1) is 10.7. The molecule has 2 heteroatoms. The van der Waals surface area contributed by atoms with E-state index in [0.29, 0.717) is 11.5 Å². The Morgan fingerprint density at radius 2 is 1.86 bits per heavy atom. The van der Waals surface area contributed by atoms with E-state index in [1.165, 1.54) is 24.0 Å². The van der Waals surface area contributed by atoms with E-state index < -0.39 is 0 Å². The summed E-state index contributed by atoms with van der Waals surface area (Å²) in [5.41, 5.74) is 3.26. The van der Waals surface area contributed by atoms with Crippen molar-refractivity contribution in [1.82, 2.24) is 0 Å². The minimum Gasteiger partial charge on any atom is -0.497 e. The lowest BCUT2D eigenvalue weighted by molar-refractivity contribution is 0.413. The Hall–Kier alpha value is -2.27. The molecule has 0 radical (unpaired) electrons. The van der Waals surface area contributed by atoms with Crippen LogP contribution in [-0.2, 0) is 12.8 Å². The Bertz CT molecular complexity index is 628. The van der Waals surface area contributed by atoms with Gasteiger partial charge in [0.2, 0.25) is 0 Å². The highest BCUT2D eigenvalue weighted by atomic mass is 16.5. The lowest BCUT2D eigenvalue weighted by Gasteiger charge is -2.12. The second-order valence-corrected chi connectivity index (χ2v) is 5.87. The van der Waals surface area contributed by atoms with Crippen molar-refractivity contribution in [2.75, 3.05) is 7.11 Å². The van der Waals surface area contributed by atoms with Gasteiger partial charge < -0.3 is 4.74 Å². The lowest BCUT2D eigenvalue weighted by atomic mass is 9.94. The molecule has 0 aliphatic heterocycles. The molecule has 0 heterocycles. The molecule has 22 heavy (non-hydrogen) atoms. The summed E-state index contributed by atoms with van der Waals surface area (Å²) in [6.45, 7) is 2.27. The monoisotopic (exact) mass is 293 g/mol. The number of rotatable bonds is 7. The van der Waals surface area contributed by atoms with Crippen molar-refractivity contribution in [1.29, 1.82) is 5.26 Å². The molecular formula is C20H23NO. The summed E-state index contributed by atoms with van der Waals surface area (Å²) in [4.78, 5) is 0. The van der Waals surface area contributed by atoms with E-state index in [9.17, 15) is 0 Å². The molecule has 2 rings (SSSR count). The Balaban J connectivity index is 1.86. The Kier molecular flexibility index (Phi) is 6.03. The van der Waals surface area contributed by atoms with Crippen molar-refractivity contribution in [2.45, 2.75) is 32.6 Å². The molecule has 0 N–H and O–H groups in total. The fraction of sp³-hybridized carbons (Fsp3) is 0.350. The van der Waals surface area contributed by atoms with Crippen LogP contribution in [0.3, 0.4) is 0 Å². The van der Waals surface area contributed by atoms with Gasteiger partial charge in [-0.15, -0.1) is 0 Å². The topological polar surface area (TPSA) is 33.0 Å². The predicted octanol–water partition coefficient (Wildman–Crippen LogP) is 4.77. The van der Waals surface area contributed by atoms with E-state index >= 15 is 0 Å². The van der Waals surface area contributed by atoms with Crippen molar-refractivity contribution in [3.8, 4) is 11.8 Å². The van der Waals surface area contributed by atoms with Crippen LogP contribution in [0, 0.1) is 17.2 Å². The molecule has 1 atom stereocenters. The predicted molar refractivity (Wildman–Crippen MR) is 90.0 cm³/mol. The molecule has 2 aromatic rings. The molecular weight excluding hydrogens is 270 g/mol. The summed E-state index contributed by atoms with van der Waals surface area (Å²) in [5.74, 6) is 1.37. The second kappa shape index (κ2) is 8.24. The molecule has 0 fully saturated rings. The molecule has 2 nitrogen and oxygen atoms in total. The Morgan fingerprint density at radius 3 is 2.55 bits per heavy atom. The van der Waals surface area contributed by atoms with Gasteiger partial charge in [0.1, 0.15) is 5.75 Å². The van der Waals surface area contributed by atoms with Gasteiger partial charge in [-0.3, -0.25) is 0 Å². The van der Waals surface area contributed by atoms with Crippen molar-refractivity contribution >= 4 is 0 Å². The maximum absolute atomic E-state index is 9.08. The van der Waals surface area contributed by atoms with E-state index in [1.807, 2.05) is 12.1 Å². The van der Waals surface area contributed by atoms with Crippen LogP contribution in [0.2, 0.25) is 0 Å². The number of nitriles is 1. The summed E-state index contributed by atoms with van der Waals surface area (Å²) < 4.78 is 5.27. The van der Waals surface area contributed by atoms with Crippen LogP contribution in [0.15, 0.2) is 48.5 Å². The second-order valence-electron chi connectivity index (χ2n) is 5.87. The third-order valence-corrected chi connectivity index (χ3v) is 3.92. The zero-order chi connectivity index (χ0) is 15.8. The van der Waals surface area contributed by atoms with Gasteiger partial charge in [-0.05, 0) is 54.5 Å². The minimum absolute atomic E-state index is 0.599. The van der Waals surface area contributed by atoms with Crippen LogP contribution < -0.4 is 4.74 Å². The van der Waals surface area contributed by atoms with E-state index in [-0.39, 0.29) is 0 Å². The van der Waals surface area contributed by atoms with Crippen molar-refractivity contribution < 1.29 is 4.74 Å². The highest BCUT2D eigenvalue weighted by Crippen LogP contribution is 2.21. The van der Waals surface area contributed by atoms with Gasteiger partial charge in [-0.2, -0.15) is 5.26 Å². The molecule has 0 bridgehead atoms. The highest BCUT2D eigenvalue weighted by Gasteiger charge is 2.07. The van der Waals surface area contributed by atoms with Gasteiger partial charge in [0, 0.05) is 0 Å². The number of methoxy groups -OCH3 is 1. The normalized spacial score (nSPS) is 11.7. The van der Waals surface area contributed by atoms with Gasteiger partial charge in [-0.1, -0.05) is 43.7 Å². The van der Waals surface area contributed by atoms with E-state index in [1.54, 1.807) is 13.2 Å². The quantitative estimate of drug-likeness (QED) is 0.736. The molecule has 0 aromatic heterocycles. The SMILES string of the molecule is COc1cc(C#N)cc(CC(C)CCCc2ccccc2)c1. The molecule has 0 saturated heterocycles. The summed E-state index contributed by atoms with van der Waals surface area (Å²) in [5, 5.41) is 9.08. The van der Waals surface area contributed by atoms with Crippen LogP contribution in [0.25, 0.3) is 0 Å². The van der Waals surface area contributed by atoms with Crippen LogP contribution >= 0.6 is 0 Å². The number of benzene rings is 2. The van der Waals surface area contributed by atoms with Gasteiger partial charge in [0.25, 0.3) is 0 Å². The summed E-state index contributed by atoms with van der Waals surface area (Å²) in [7, 11) is 1.64. The molecule has 0 aliphatic rings. The van der Waals surface area contributed by atoms with Gasteiger partial charge in [0.15, 0.2) is 0 Å². The Labute approximate surface area is 133 Å². The summed E-state index contributed by atoms with van der Waals surface area (Å²) >= 11 is 0. The average molecular weight is 293 g/mol. The molecule has 114 valence electrons. The first kappa shape index (κ1) is 16.1. The van der Waals surface area contributed by atoms with Crippen LogP contribution in [0.5, 0.6) is 5.75 Å². The van der Waals surface area contributed by atoms with Crippen molar-refractivity contribution in [2.24, 2.45) is 5.92 Å². The number of nitrogens with zero attached hydrogens (tertiary/aromatic N) is 1. The maximum atomic E-state index is 9.08. The molecule has 1 unspecified atom stereocenters. The molecule has 2 aromatic carbocycles. The largest absolute Gasteiger partial charge is 0.497 e. The maximum Gasteiger partial charge on any atom is 0.120 e. The zero-order valence-electron chi connectivity index (χ0n) is 13.4. The van der Waals surface area contributed by atoms with Crippen LogP contribution in [0.4, 0.5) is 0 Å². The Morgan fingerprint density at radius 1 is 1.09 bits per heavy atom.